The molecule has 0 aliphatic carbocycles. The molecule has 0 aromatic heterocycles. The summed E-state index contributed by atoms with van der Waals surface area (Å²) in [7, 11) is -2.88. The Morgan fingerprint density at radius 3 is 1.86 bits per heavy atom. The summed E-state index contributed by atoms with van der Waals surface area (Å²) in [5, 5.41) is 0. The Morgan fingerprint density at radius 2 is 1.39 bits per heavy atom. The predicted molar refractivity (Wildman–Crippen MR) is 110 cm³/mol. The Hall–Kier alpha value is -2.18. The molecule has 6 heteroatoms. The van der Waals surface area contributed by atoms with Crippen LogP contribution in [0.5, 0.6) is 0 Å². The molecule has 5 nitrogen and oxygen atoms in total. The van der Waals surface area contributed by atoms with Gasteiger partial charge in [0.05, 0.1) is 17.4 Å². The minimum Gasteiger partial charge on any atom is -0.339 e. The lowest BCUT2D eigenvalue weighted by molar-refractivity contribution is -0.133. The molecule has 2 aromatic carbocycles. The monoisotopic (exact) mass is 398 g/mol. The Morgan fingerprint density at radius 1 is 0.857 bits per heavy atom. The van der Waals surface area contributed by atoms with Crippen LogP contribution < -0.4 is 0 Å². The van der Waals surface area contributed by atoms with Gasteiger partial charge >= 0.3 is 0 Å². The van der Waals surface area contributed by atoms with Gasteiger partial charge in [-0.1, -0.05) is 60.7 Å². The highest BCUT2D eigenvalue weighted by molar-refractivity contribution is 7.91. The Balaban J connectivity index is 1.48. The van der Waals surface area contributed by atoms with Crippen molar-refractivity contribution < 1.29 is 13.2 Å². The van der Waals surface area contributed by atoms with E-state index in [1.165, 1.54) is 0 Å². The molecule has 0 radical (unpaired) electrons. The lowest BCUT2D eigenvalue weighted by atomic mass is 9.90. The standard InChI is InChI=1S/C22H26N2O3S/c25-22(21(18-7-3-1-4-8-18)19-9-5-2-6-10-19)24-14-12-23(13-15-24)20-11-16-28(26,27)17-20/h1-10,20-21H,11-17H2/t20-/m1/s1. The smallest absolute Gasteiger partial charge is 0.234 e. The zero-order chi connectivity index (χ0) is 19.6. The van der Waals surface area contributed by atoms with Gasteiger partial charge in [0.15, 0.2) is 9.84 Å². The molecule has 148 valence electrons. The number of hydrogen-bond donors (Lipinski definition) is 0. The number of nitrogens with zero attached hydrogens (tertiary/aromatic N) is 2. The van der Waals surface area contributed by atoms with Crippen molar-refractivity contribution >= 4 is 15.7 Å². The van der Waals surface area contributed by atoms with Crippen molar-refractivity contribution in [1.82, 2.24) is 9.80 Å². The predicted octanol–water partition coefficient (Wildman–Crippen LogP) is 2.15. The summed E-state index contributed by atoms with van der Waals surface area (Å²) in [6.45, 7) is 2.77. The van der Waals surface area contributed by atoms with Crippen LogP contribution in [0.15, 0.2) is 60.7 Å². The van der Waals surface area contributed by atoms with Crippen LogP contribution in [0.4, 0.5) is 0 Å². The highest BCUT2D eigenvalue weighted by Crippen LogP contribution is 2.28. The summed E-state index contributed by atoms with van der Waals surface area (Å²) in [5.41, 5.74) is 2.01. The quantitative estimate of drug-likeness (QED) is 0.792. The Kier molecular flexibility index (Phi) is 5.51. The fourth-order valence-electron chi connectivity index (χ4n) is 4.32. The molecule has 1 atom stereocenters. The summed E-state index contributed by atoms with van der Waals surface area (Å²) >= 11 is 0. The minimum absolute atomic E-state index is 0.112. The van der Waals surface area contributed by atoms with E-state index in [2.05, 4.69) is 4.90 Å². The minimum atomic E-state index is -2.88. The van der Waals surface area contributed by atoms with Crippen LogP contribution in [0.25, 0.3) is 0 Å². The largest absolute Gasteiger partial charge is 0.339 e. The molecule has 2 aromatic rings. The number of carbonyl (C=O) groups is 1. The van der Waals surface area contributed by atoms with Crippen molar-refractivity contribution in [3.05, 3.63) is 71.8 Å². The van der Waals surface area contributed by atoms with E-state index in [1.54, 1.807) is 0 Å². The van der Waals surface area contributed by atoms with E-state index in [0.717, 1.165) is 24.2 Å². The number of hydrogen-bond acceptors (Lipinski definition) is 4. The van der Waals surface area contributed by atoms with Gasteiger partial charge in [-0.3, -0.25) is 9.69 Å². The molecule has 0 spiro atoms. The first kappa shape index (κ1) is 19.2. The van der Waals surface area contributed by atoms with Gasteiger partial charge in [0, 0.05) is 32.2 Å². The molecule has 2 saturated heterocycles. The summed E-state index contributed by atoms with van der Waals surface area (Å²) in [6.07, 6.45) is 0.715. The molecule has 0 saturated carbocycles. The second-order valence-electron chi connectivity index (χ2n) is 7.67. The number of benzene rings is 2. The van der Waals surface area contributed by atoms with Gasteiger partial charge in [0.25, 0.3) is 0 Å². The fourth-order valence-corrected chi connectivity index (χ4v) is 6.08. The first-order chi connectivity index (χ1) is 13.5. The van der Waals surface area contributed by atoms with Crippen molar-refractivity contribution in [1.29, 1.82) is 0 Å². The molecule has 0 unspecified atom stereocenters. The topological polar surface area (TPSA) is 57.7 Å². The second kappa shape index (κ2) is 8.05. The highest BCUT2D eigenvalue weighted by atomic mass is 32.2. The normalized spacial score (nSPS) is 22.5. The van der Waals surface area contributed by atoms with Crippen molar-refractivity contribution in [2.75, 3.05) is 37.7 Å². The third-order valence-corrected chi connectivity index (χ3v) is 7.61. The molecule has 0 N–H and O–H groups in total. The van der Waals surface area contributed by atoms with E-state index in [9.17, 15) is 13.2 Å². The van der Waals surface area contributed by atoms with E-state index in [4.69, 9.17) is 0 Å². The first-order valence-corrected chi connectivity index (χ1v) is 11.7. The maximum absolute atomic E-state index is 13.4. The van der Waals surface area contributed by atoms with Crippen LogP contribution >= 0.6 is 0 Å². The van der Waals surface area contributed by atoms with Gasteiger partial charge in [-0.25, -0.2) is 8.42 Å². The maximum atomic E-state index is 13.4. The Bertz CT molecular complexity index is 868. The SMILES string of the molecule is O=C(C(c1ccccc1)c1ccccc1)N1CCN([C@@H]2CCS(=O)(=O)C2)CC1. The number of sulfone groups is 1. The molecule has 2 aliphatic heterocycles. The number of amides is 1. The van der Waals surface area contributed by atoms with Crippen molar-refractivity contribution in [2.24, 2.45) is 0 Å². The average Bonchev–Trinajstić information content (AvgIpc) is 3.10. The van der Waals surface area contributed by atoms with Crippen molar-refractivity contribution in [3.8, 4) is 0 Å². The van der Waals surface area contributed by atoms with Gasteiger partial charge in [-0.2, -0.15) is 0 Å². The van der Waals surface area contributed by atoms with Crippen LogP contribution in [0.2, 0.25) is 0 Å². The average molecular weight is 399 g/mol. The molecule has 0 bridgehead atoms. The summed E-state index contributed by atoms with van der Waals surface area (Å²) in [6, 6.07) is 20.0. The molecule has 2 fully saturated rings. The van der Waals surface area contributed by atoms with Crippen LogP contribution in [0.1, 0.15) is 23.5 Å². The van der Waals surface area contributed by atoms with E-state index in [0.29, 0.717) is 25.3 Å². The summed E-state index contributed by atoms with van der Waals surface area (Å²) in [4.78, 5) is 17.6. The molecule has 4 rings (SSSR count). The number of carbonyl (C=O) groups excluding carboxylic acids is 1. The zero-order valence-electron chi connectivity index (χ0n) is 15.9. The lowest BCUT2D eigenvalue weighted by Gasteiger charge is -2.39. The Labute approximate surface area is 166 Å². The van der Waals surface area contributed by atoms with Gasteiger partial charge < -0.3 is 4.90 Å². The van der Waals surface area contributed by atoms with E-state index < -0.39 is 9.84 Å². The van der Waals surface area contributed by atoms with Crippen LogP contribution in [0.3, 0.4) is 0 Å². The third-order valence-electron chi connectivity index (χ3n) is 5.86. The fraction of sp³-hybridized carbons (Fsp3) is 0.409. The van der Waals surface area contributed by atoms with E-state index in [-0.39, 0.29) is 23.6 Å². The van der Waals surface area contributed by atoms with Crippen molar-refractivity contribution in [3.63, 3.8) is 0 Å². The molecule has 1 amide bonds. The zero-order valence-corrected chi connectivity index (χ0v) is 16.7. The van der Waals surface area contributed by atoms with Gasteiger partial charge in [-0.05, 0) is 17.5 Å². The van der Waals surface area contributed by atoms with Crippen LogP contribution in [-0.2, 0) is 14.6 Å². The van der Waals surface area contributed by atoms with E-state index in [1.807, 2.05) is 65.6 Å². The van der Waals surface area contributed by atoms with Gasteiger partial charge in [0.2, 0.25) is 5.91 Å². The second-order valence-corrected chi connectivity index (χ2v) is 9.90. The van der Waals surface area contributed by atoms with Crippen LogP contribution in [0, 0.1) is 0 Å². The highest BCUT2D eigenvalue weighted by Gasteiger charge is 2.35. The molecular formula is C22H26N2O3S. The summed E-state index contributed by atoms with van der Waals surface area (Å²) in [5.74, 6) is 0.371. The number of piperazine rings is 1. The lowest BCUT2D eigenvalue weighted by Crippen LogP contribution is -2.53. The maximum Gasteiger partial charge on any atom is 0.234 e. The summed E-state index contributed by atoms with van der Waals surface area (Å²) < 4.78 is 23.5. The molecule has 28 heavy (non-hydrogen) atoms. The first-order valence-electron chi connectivity index (χ1n) is 9.87. The van der Waals surface area contributed by atoms with Gasteiger partial charge in [-0.15, -0.1) is 0 Å². The van der Waals surface area contributed by atoms with E-state index >= 15 is 0 Å². The van der Waals surface area contributed by atoms with Crippen LogP contribution in [-0.4, -0.2) is 67.9 Å². The van der Waals surface area contributed by atoms with Crippen molar-refractivity contribution in [2.45, 2.75) is 18.4 Å². The molecular weight excluding hydrogens is 372 g/mol. The third kappa shape index (κ3) is 4.13. The molecule has 2 aliphatic rings. The van der Waals surface area contributed by atoms with Gasteiger partial charge in [0.1, 0.15) is 0 Å². The molecule has 2 heterocycles. The number of rotatable bonds is 4.